The highest BCUT2D eigenvalue weighted by atomic mass is 16.5. The molecule has 1 amide bonds. The van der Waals surface area contributed by atoms with Crippen LogP contribution in [0.2, 0.25) is 0 Å². The number of anilines is 1. The number of hydrogen-bond donors (Lipinski definition) is 1. The third-order valence-electron chi connectivity index (χ3n) is 5.12. The third-order valence-corrected chi connectivity index (χ3v) is 5.12. The van der Waals surface area contributed by atoms with Crippen molar-refractivity contribution in [3.63, 3.8) is 0 Å². The van der Waals surface area contributed by atoms with Gasteiger partial charge in [0.05, 0.1) is 12.5 Å². The Morgan fingerprint density at radius 2 is 1.83 bits per heavy atom. The number of benzene rings is 2. The zero-order valence-electron chi connectivity index (χ0n) is 14.0. The molecule has 2 aromatic carbocycles. The van der Waals surface area contributed by atoms with E-state index in [4.69, 9.17) is 4.74 Å². The van der Waals surface area contributed by atoms with Crippen LogP contribution in [0.1, 0.15) is 36.0 Å². The van der Waals surface area contributed by atoms with Crippen LogP contribution in [-0.2, 0) is 10.2 Å². The summed E-state index contributed by atoms with van der Waals surface area (Å²) in [5.74, 6) is 0.866. The molecule has 1 aliphatic rings. The first-order chi connectivity index (χ1) is 11.1. The molecule has 2 aromatic rings. The van der Waals surface area contributed by atoms with Gasteiger partial charge in [-0.3, -0.25) is 4.79 Å². The van der Waals surface area contributed by atoms with Crippen molar-refractivity contribution in [2.24, 2.45) is 0 Å². The summed E-state index contributed by atoms with van der Waals surface area (Å²) >= 11 is 0. The lowest BCUT2D eigenvalue weighted by Crippen LogP contribution is -2.46. The molecule has 0 radical (unpaired) electrons. The third kappa shape index (κ3) is 2.61. The average molecular weight is 309 g/mol. The number of nitrogens with one attached hydrogen (secondary N) is 1. The minimum absolute atomic E-state index is 0.0713. The fourth-order valence-electron chi connectivity index (χ4n) is 3.32. The number of para-hydroxylation sites is 1. The van der Waals surface area contributed by atoms with Crippen LogP contribution in [-0.4, -0.2) is 13.0 Å². The Bertz CT molecular complexity index is 732. The molecular formula is C20H23NO2. The Morgan fingerprint density at radius 3 is 2.48 bits per heavy atom. The van der Waals surface area contributed by atoms with Gasteiger partial charge in [0.25, 0.3) is 0 Å². The molecular weight excluding hydrogens is 286 g/mol. The first kappa shape index (κ1) is 15.6. The van der Waals surface area contributed by atoms with Crippen molar-refractivity contribution < 1.29 is 9.53 Å². The fraction of sp³-hybridized carbons (Fsp3) is 0.350. The smallest absolute Gasteiger partial charge is 0.235 e. The highest BCUT2D eigenvalue weighted by molar-refractivity contribution is 6.01. The first-order valence-electron chi connectivity index (χ1n) is 8.09. The van der Waals surface area contributed by atoms with Gasteiger partial charge in [-0.25, -0.2) is 0 Å². The monoisotopic (exact) mass is 309 g/mol. The number of aryl methyl sites for hydroxylation is 1. The lowest BCUT2D eigenvalue weighted by atomic mass is 9.63. The van der Waals surface area contributed by atoms with Crippen molar-refractivity contribution in [3.8, 4) is 5.75 Å². The minimum atomic E-state index is -0.469. The Morgan fingerprint density at radius 1 is 1.09 bits per heavy atom. The summed E-state index contributed by atoms with van der Waals surface area (Å²) in [6.07, 6.45) is 2.80. The molecule has 23 heavy (non-hydrogen) atoms. The van der Waals surface area contributed by atoms with E-state index in [0.29, 0.717) is 0 Å². The van der Waals surface area contributed by atoms with E-state index in [0.717, 1.165) is 41.8 Å². The van der Waals surface area contributed by atoms with E-state index in [1.165, 1.54) is 5.56 Å². The summed E-state index contributed by atoms with van der Waals surface area (Å²) in [5.41, 5.74) is 3.73. The highest BCUT2D eigenvalue weighted by Crippen LogP contribution is 2.47. The number of carbonyl (C=O) groups is 1. The summed E-state index contributed by atoms with van der Waals surface area (Å²) in [6.45, 7) is 4.10. The maximum Gasteiger partial charge on any atom is 0.235 e. The summed E-state index contributed by atoms with van der Waals surface area (Å²) in [4.78, 5) is 13.1. The van der Waals surface area contributed by atoms with Gasteiger partial charge in [-0.15, -0.1) is 0 Å². The molecule has 0 atom stereocenters. The molecule has 3 nitrogen and oxygen atoms in total. The molecule has 1 N–H and O–H groups in total. The largest absolute Gasteiger partial charge is 0.496 e. The lowest BCUT2D eigenvalue weighted by molar-refractivity contribution is -0.124. The van der Waals surface area contributed by atoms with E-state index < -0.39 is 5.41 Å². The van der Waals surface area contributed by atoms with Crippen molar-refractivity contribution >= 4 is 11.6 Å². The quantitative estimate of drug-likeness (QED) is 0.910. The predicted molar refractivity (Wildman–Crippen MR) is 93.1 cm³/mol. The normalized spacial score (nSPS) is 15.6. The zero-order valence-corrected chi connectivity index (χ0v) is 14.0. The van der Waals surface area contributed by atoms with E-state index in [2.05, 4.69) is 18.3 Å². The average Bonchev–Trinajstić information content (AvgIpc) is 2.51. The number of hydrogen-bond acceptors (Lipinski definition) is 2. The second kappa shape index (κ2) is 6.07. The van der Waals surface area contributed by atoms with Crippen LogP contribution in [0.25, 0.3) is 0 Å². The Labute approximate surface area is 137 Å². The summed E-state index contributed by atoms with van der Waals surface area (Å²) in [7, 11) is 1.66. The summed E-state index contributed by atoms with van der Waals surface area (Å²) in [6, 6.07) is 13.9. The van der Waals surface area contributed by atoms with Crippen molar-refractivity contribution in [2.45, 2.75) is 38.5 Å². The first-order valence-corrected chi connectivity index (χ1v) is 8.09. The van der Waals surface area contributed by atoms with Crippen LogP contribution in [0.4, 0.5) is 5.69 Å². The molecule has 0 heterocycles. The molecule has 1 aliphatic carbocycles. The Balaban J connectivity index is 1.94. The van der Waals surface area contributed by atoms with Crippen LogP contribution >= 0.6 is 0 Å². The molecule has 1 fully saturated rings. The fourth-order valence-corrected chi connectivity index (χ4v) is 3.32. The number of amides is 1. The molecule has 0 spiro atoms. The van der Waals surface area contributed by atoms with Crippen molar-refractivity contribution in [1.29, 1.82) is 0 Å². The molecule has 3 rings (SSSR count). The van der Waals surface area contributed by atoms with Gasteiger partial charge in [0.15, 0.2) is 0 Å². The van der Waals surface area contributed by atoms with Gasteiger partial charge < -0.3 is 10.1 Å². The molecule has 3 heteroatoms. The molecule has 1 saturated carbocycles. The lowest BCUT2D eigenvalue weighted by Gasteiger charge is -2.41. The van der Waals surface area contributed by atoms with E-state index in [9.17, 15) is 4.79 Å². The maximum absolute atomic E-state index is 13.1. The second-order valence-electron chi connectivity index (χ2n) is 6.34. The van der Waals surface area contributed by atoms with E-state index >= 15 is 0 Å². The van der Waals surface area contributed by atoms with E-state index in [1.807, 2.05) is 43.3 Å². The number of rotatable bonds is 4. The molecule has 0 bridgehead atoms. The van der Waals surface area contributed by atoms with Crippen molar-refractivity contribution in [1.82, 2.24) is 0 Å². The van der Waals surface area contributed by atoms with Gasteiger partial charge in [0, 0.05) is 11.3 Å². The number of ether oxygens (including phenoxy) is 1. The van der Waals surface area contributed by atoms with E-state index in [-0.39, 0.29) is 5.91 Å². The minimum Gasteiger partial charge on any atom is -0.496 e. The van der Waals surface area contributed by atoms with Gasteiger partial charge in [0.2, 0.25) is 5.91 Å². The topological polar surface area (TPSA) is 38.3 Å². The van der Waals surface area contributed by atoms with Crippen LogP contribution < -0.4 is 10.1 Å². The van der Waals surface area contributed by atoms with Crippen LogP contribution in [0, 0.1) is 13.8 Å². The van der Waals surface area contributed by atoms with Crippen LogP contribution in [0.15, 0.2) is 42.5 Å². The van der Waals surface area contributed by atoms with Crippen LogP contribution in [0.5, 0.6) is 5.75 Å². The number of methoxy groups -OCH3 is 1. The van der Waals surface area contributed by atoms with Crippen LogP contribution in [0.3, 0.4) is 0 Å². The Kier molecular flexibility index (Phi) is 4.12. The van der Waals surface area contributed by atoms with Gasteiger partial charge in [-0.2, -0.15) is 0 Å². The molecule has 0 saturated heterocycles. The highest BCUT2D eigenvalue weighted by Gasteiger charge is 2.47. The molecule has 0 aromatic heterocycles. The van der Waals surface area contributed by atoms with E-state index in [1.54, 1.807) is 7.11 Å². The van der Waals surface area contributed by atoms with Gasteiger partial charge >= 0.3 is 0 Å². The Hall–Kier alpha value is -2.29. The van der Waals surface area contributed by atoms with Gasteiger partial charge in [-0.05, 0) is 49.9 Å². The predicted octanol–water partition coefficient (Wildman–Crippen LogP) is 4.37. The molecule has 120 valence electrons. The molecule has 0 unspecified atom stereocenters. The zero-order chi connectivity index (χ0) is 16.4. The van der Waals surface area contributed by atoms with Crippen molar-refractivity contribution in [2.75, 3.05) is 12.4 Å². The summed E-state index contributed by atoms with van der Waals surface area (Å²) in [5, 5.41) is 3.15. The number of carbonyl (C=O) groups excluding carboxylic acids is 1. The maximum atomic E-state index is 13.1. The summed E-state index contributed by atoms with van der Waals surface area (Å²) < 4.78 is 5.49. The van der Waals surface area contributed by atoms with Crippen molar-refractivity contribution in [3.05, 3.63) is 59.2 Å². The van der Waals surface area contributed by atoms with Gasteiger partial charge in [-0.1, -0.05) is 36.8 Å². The second-order valence-corrected chi connectivity index (χ2v) is 6.34. The van der Waals surface area contributed by atoms with Gasteiger partial charge in [0.1, 0.15) is 5.75 Å². The SMILES string of the molecule is COc1ccccc1C1(C(=O)Nc2cccc(C)c2C)CCC1. The molecule has 0 aliphatic heterocycles. The standard InChI is InChI=1S/C20H23NO2/c1-14-8-6-10-17(15(14)2)21-19(22)20(12-7-13-20)16-9-4-5-11-18(16)23-3/h4-6,8-11H,7,12-13H2,1-3H3,(H,21,22).